The predicted molar refractivity (Wildman–Crippen MR) is 80.2 cm³/mol. The van der Waals surface area contributed by atoms with Crippen molar-refractivity contribution < 1.29 is 13.3 Å². The fourth-order valence-electron chi connectivity index (χ4n) is 1.94. The first-order valence-electron chi connectivity index (χ1n) is 5.93. The van der Waals surface area contributed by atoms with E-state index in [1.807, 2.05) is 0 Å². The summed E-state index contributed by atoms with van der Waals surface area (Å²) in [6.45, 7) is 4.93. The number of benzene rings is 1. The first-order valence-corrected chi connectivity index (χ1v) is 8.19. The van der Waals surface area contributed by atoms with Crippen molar-refractivity contribution in [1.82, 2.24) is 4.37 Å². The van der Waals surface area contributed by atoms with E-state index in [9.17, 15) is 18.5 Å². The number of anilines is 1. The van der Waals surface area contributed by atoms with Crippen molar-refractivity contribution in [1.29, 1.82) is 0 Å². The highest BCUT2D eigenvalue weighted by Gasteiger charge is 2.29. The van der Waals surface area contributed by atoms with Gasteiger partial charge in [-0.3, -0.25) is 14.8 Å². The molecule has 0 saturated heterocycles. The van der Waals surface area contributed by atoms with Gasteiger partial charge in [0.15, 0.2) is 4.90 Å². The lowest BCUT2D eigenvalue weighted by atomic mass is 10.2. The summed E-state index contributed by atoms with van der Waals surface area (Å²) in [6, 6.07) is 4.15. The molecular formula is C12H13N3O4S2. The number of nitro groups is 1. The summed E-state index contributed by atoms with van der Waals surface area (Å²) < 4.78 is 31.5. The number of nitrogens with zero attached hydrogens (tertiary/aromatic N) is 2. The maximum absolute atomic E-state index is 12.5. The van der Waals surface area contributed by atoms with Crippen molar-refractivity contribution in [3.05, 3.63) is 44.4 Å². The average molecular weight is 327 g/mol. The first kappa shape index (κ1) is 15.4. The average Bonchev–Trinajstić information content (AvgIpc) is 2.69. The molecule has 0 saturated carbocycles. The highest BCUT2D eigenvalue weighted by Crippen LogP contribution is 2.31. The van der Waals surface area contributed by atoms with Crippen LogP contribution in [-0.2, 0) is 10.0 Å². The van der Waals surface area contributed by atoms with Gasteiger partial charge in [-0.2, -0.15) is 4.37 Å². The maximum Gasteiger partial charge on any atom is 0.290 e. The van der Waals surface area contributed by atoms with Gasteiger partial charge in [-0.1, -0.05) is 12.1 Å². The maximum atomic E-state index is 12.5. The Labute approximate surface area is 126 Å². The van der Waals surface area contributed by atoms with E-state index in [1.165, 1.54) is 36.7 Å². The van der Waals surface area contributed by atoms with Crippen LogP contribution in [-0.4, -0.2) is 17.7 Å². The molecular weight excluding hydrogens is 314 g/mol. The monoisotopic (exact) mass is 327 g/mol. The molecule has 0 bridgehead atoms. The molecule has 9 heteroatoms. The Morgan fingerprint density at radius 1 is 1.29 bits per heavy atom. The van der Waals surface area contributed by atoms with Crippen LogP contribution in [0.1, 0.15) is 16.1 Å². The van der Waals surface area contributed by atoms with Gasteiger partial charge >= 0.3 is 0 Å². The lowest BCUT2D eigenvalue weighted by Crippen LogP contribution is -2.16. The van der Waals surface area contributed by atoms with Gasteiger partial charge in [0.1, 0.15) is 0 Å². The van der Waals surface area contributed by atoms with Crippen molar-refractivity contribution in [3.8, 4) is 0 Å². The van der Waals surface area contributed by atoms with Crippen LogP contribution < -0.4 is 4.72 Å². The summed E-state index contributed by atoms with van der Waals surface area (Å²) in [5.41, 5.74) is 0.783. The summed E-state index contributed by atoms with van der Waals surface area (Å²) in [5.74, 6) is 0. The van der Waals surface area contributed by atoms with Crippen molar-refractivity contribution in [2.45, 2.75) is 25.7 Å². The molecule has 7 nitrogen and oxygen atoms in total. The van der Waals surface area contributed by atoms with E-state index >= 15 is 0 Å². The molecule has 21 heavy (non-hydrogen) atoms. The van der Waals surface area contributed by atoms with Crippen LogP contribution in [0.15, 0.2) is 23.1 Å². The molecule has 0 amide bonds. The Morgan fingerprint density at radius 2 is 1.95 bits per heavy atom. The molecule has 0 unspecified atom stereocenters. The van der Waals surface area contributed by atoms with Crippen LogP contribution in [0.3, 0.4) is 0 Å². The summed E-state index contributed by atoms with van der Waals surface area (Å²) in [7, 11) is -4.06. The van der Waals surface area contributed by atoms with Crippen LogP contribution in [0.25, 0.3) is 0 Å². The molecule has 1 aromatic heterocycles. The molecule has 0 spiro atoms. The number of nitrogens with one attached hydrogen (secondary N) is 1. The number of nitro benzene ring substituents is 1. The molecule has 0 atom stereocenters. The lowest BCUT2D eigenvalue weighted by molar-refractivity contribution is -0.387. The smallest absolute Gasteiger partial charge is 0.276 e. The van der Waals surface area contributed by atoms with Crippen molar-refractivity contribution in [2.24, 2.45) is 0 Å². The Bertz CT molecular complexity index is 792. The van der Waals surface area contributed by atoms with Gasteiger partial charge in [0.05, 0.1) is 16.3 Å². The van der Waals surface area contributed by atoms with Gasteiger partial charge in [0.2, 0.25) is 0 Å². The molecule has 1 N–H and O–H groups in total. The molecule has 0 fully saturated rings. The second-order valence-electron chi connectivity index (χ2n) is 4.48. The highest BCUT2D eigenvalue weighted by molar-refractivity contribution is 7.93. The van der Waals surface area contributed by atoms with Crippen LogP contribution in [0.2, 0.25) is 0 Å². The standard InChI is InChI=1S/C12H13N3O4S2/c1-7-5-4-6-10(15(16)17)12(7)21(18,19)14-11-8(2)13-20-9(11)3/h4-6,14H,1-3H3. The van der Waals surface area contributed by atoms with Gasteiger partial charge in [0, 0.05) is 10.9 Å². The molecule has 0 aliphatic carbocycles. The van der Waals surface area contributed by atoms with Crippen molar-refractivity contribution in [2.75, 3.05) is 4.72 Å². The minimum Gasteiger partial charge on any atom is -0.276 e. The largest absolute Gasteiger partial charge is 0.290 e. The molecule has 0 radical (unpaired) electrons. The van der Waals surface area contributed by atoms with Gasteiger partial charge in [-0.25, -0.2) is 8.42 Å². The van der Waals surface area contributed by atoms with Gasteiger partial charge in [-0.05, 0) is 37.9 Å². The van der Waals surface area contributed by atoms with E-state index in [1.54, 1.807) is 13.8 Å². The van der Waals surface area contributed by atoms with Gasteiger partial charge < -0.3 is 0 Å². The Hall–Kier alpha value is -2.00. The number of hydrogen-bond donors (Lipinski definition) is 1. The van der Waals surface area contributed by atoms with Crippen LogP contribution in [0.5, 0.6) is 0 Å². The third-order valence-corrected chi connectivity index (χ3v) is 5.31. The number of rotatable bonds is 4. The Balaban J connectivity index is 2.58. The quantitative estimate of drug-likeness (QED) is 0.687. The third kappa shape index (κ3) is 2.88. The van der Waals surface area contributed by atoms with Gasteiger partial charge in [0.25, 0.3) is 15.7 Å². The predicted octanol–water partition coefficient (Wildman–Crippen LogP) is 2.78. The van der Waals surface area contributed by atoms with Gasteiger partial charge in [-0.15, -0.1) is 0 Å². The van der Waals surface area contributed by atoms with E-state index in [0.29, 0.717) is 21.8 Å². The first-order chi connectivity index (χ1) is 9.74. The Morgan fingerprint density at radius 3 is 2.48 bits per heavy atom. The van der Waals surface area contributed by atoms with E-state index in [-0.39, 0.29) is 4.90 Å². The van der Waals surface area contributed by atoms with Crippen molar-refractivity contribution in [3.63, 3.8) is 0 Å². The zero-order valence-corrected chi connectivity index (χ0v) is 13.2. The minimum atomic E-state index is -4.06. The third-order valence-electron chi connectivity index (χ3n) is 2.93. The molecule has 112 valence electrons. The number of aryl methyl sites for hydroxylation is 3. The topological polar surface area (TPSA) is 102 Å². The summed E-state index contributed by atoms with van der Waals surface area (Å²) in [6.07, 6.45) is 0. The molecule has 0 aliphatic rings. The van der Waals surface area contributed by atoms with E-state index in [0.717, 1.165) is 0 Å². The SMILES string of the molecule is Cc1cccc([N+](=O)[O-])c1S(=O)(=O)Nc1c(C)nsc1C. The normalized spacial score (nSPS) is 11.4. The zero-order valence-electron chi connectivity index (χ0n) is 11.6. The summed E-state index contributed by atoms with van der Waals surface area (Å²) in [5, 5.41) is 11.1. The van der Waals surface area contributed by atoms with Crippen molar-refractivity contribution >= 4 is 32.9 Å². The minimum absolute atomic E-state index is 0.315. The summed E-state index contributed by atoms with van der Waals surface area (Å²) in [4.78, 5) is 10.7. The second-order valence-corrected chi connectivity index (χ2v) is 7.08. The van der Waals surface area contributed by atoms with Crippen LogP contribution in [0, 0.1) is 30.9 Å². The lowest BCUT2D eigenvalue weighted by Gasteiger charge is -2.10. The Kier molecular flexibility index (Phi) is 3.97. The van der Waals surface area contributed by atoms with E-state index in [2.05, 4.69) is 9.10 Å². The summed E-state index contributed by atoms with van der Waals surface area (Å²) >= 11 is 1.17. The molecule has 1 aromatic carbocycles. The number of aromatic nitrogens is 1. The molecule has 1 heterocycles. The van der Waals surface area contributed by atoms with E-state index in [4.69, 9.17) is 0 Å². The highest BCUT2D eigenvalue weighted by atomic mass is 32.2. The molecule has 2 rings (SSSR count). The second kappa shape index (κ2) is 5.41. The van der Waals surface area contributed by atoms with E-state index < -0.39 is 20.6 Å². The molecule has 2 aromatic rings. The van der Waals surface area contributed by atoms with Crippen LogP contribution >= 0.6 is 11.5 Å². The fraction of sp³-hybridized carbons (Fsp3) is 0.250. The fourth-order valence-corrected chi connectivity index (χ4v) is 4.25. The van der Waals surface area contributed by atoms with Crippen LogP contribution in [0.4, 0.5) is 11.4 Å². The number of hydrogen-bond acceptors (Lipinski definition) is 6. The number of sulfonamides is 1. The molecule has 0 aliphatic heterocycles. The zero-order chi connectivity index (χ0) is 15.8.